The number of likely N-dealkylation sites (N-methyl/N-ethyl adjacent to an activating group) is 1. The molecule has 0 aliphatic heterocycles. The number of amides is 1. The van der Waals surface area contributed by atoms with Crippen LogP contribution in [0, 0.1) is 6.92 Å². The summed E-state index contributed by atoms with van der Waals surface area (Å²) in [4.78, 5) is 13.6. The Labute approximate surface area is 110 Å². The number of hydrogen-bond donors (Lipinski definition) is 1. The molecule has 0 saturated heterocycles. The second-order valence-electron chi connectivity index (χ2n) is 4.43. The van der Waals surface area contributed by atoms with E-state index in [-0.39, 0.29) is 12.5 Å². The summed E-state index contributed by atoms with van der Waals surface area (Å²) in [5.41, 5.74) is 0.815. The average Bonchev–Trinajstić information content (AvgIpc) is 2.87. The van der Waals surface area contributed by atoms with Crippen LogP contribution in [0.2, 0.25) is 0 Å². The molecule has 0 spiro atoms. The van der Waals surface area contributed by atoms with Crippen LogP contribution in [-0.2, 0) is 18.4 Å². The predicted octanol–water partition coefficient (Wildman–Crippen LogP) is 0.182. The van der Waals surface area contributed by atoms with Gasteiger partial charge in [0, 0.05) is 25.9 Å². The molecular formula is C11H16N6O2. The van der Waals surface area contributed by atoms with Crippen LogP contribution in [0.5, 0.6) is 0 Å². The minimum atomic E-state index is -0.153. The Hall–Kier alpha value is -2.22. The summed E-state index contributed by atoms with van der Waals surface area (Å²) < 4.78 is 6.50. The highest BCUT2D eigenvalue weighted by Gasteiger charge is 2.10. The Balaban J connectivity index is 1.81. The van der Waals surface area contributed by atoms with Gasteiger partial charge in [-0.05, 0) is 14.0 Å². The molecule has 8 heteroatoms. The number of nitrogens with one attached hydrogen (secondary N) is 1. The second-order valence-corrected chi connectivity index (χ2v) is 4.43. The smallest absolute Gasteiger partial charge is 0.239 e. The first-order valence-electron chi connectivity index (χ1n) is 5.80. The number of aromatic nitrogens is 4. The number of carbonyl (C=O) groups excluding carboxylic acids is 1. The van der Waals surface area contributed by atoms with E-state index >= 15 is 0 Å². The Morgan fingerprint density at radius 2 is 2.37 bits per heavy atom. The Bertz CT molecular complexity index is 561. The fraction of sp³-hybridized carbons (Fsp3) is 0.455. The van der Waals surface area contributed by atoms with Crippen LogP contribution in [0.1, 0.15) is 11.5 Å². The number of hydrogen-bond acceptors (Lipinski definition) is 6. The van der Waals surface area contributed by atoms with Gasteiger partial charge in [0.2, 0.25) is 5.91 Å². The van der Waals surface area contributed by atoms with Crippen molar-refractivity contribution in [2.24, 2.45) is 7.05 Å². The highest BCUT2D eigenvalue weighted by Crippen LogP contribution is 2.07. The summed E-state index contributed by atoms with van der Waals surface area (Å²) in [5, 5.41) is 14.2. The SMILES string of the molecule is Cc1cc(NC(=O)CN(C)Cc2cn(C)nn2)no1. The molecule has 0 radical (unpaired) electrons. The first-order chi connectivity index (χ1) is 9.02. The zero-order valence-electron chi connectivity index (χ0n) is 11.1. The minimum absolute atomic E-state index is 0.153. The van der Waals surface area contributed by atoms with Crippen molar-refractivity contribution in [2.75, 3.05) is 18.9 Å². The number of aryl methyl sites for hydroxylation is 2. The molecule has 8 nitrogen and oxygen atoms in total. The van der Waals surface area contributed by atoms with Crippen LogP contribution in [0.3, 0.4) is 0 Å². The molecule has 2 heterocycles. The van der Waals surface area contributed by atoms with Gasteiger partial charge in [0.05, 0.1) is 12.2 Å². The van der Waals surface area contributed by atoms with Crippen molar-refractivity contribution in [1.82, 2.24) is 25.1 Å². The first-order valence-corrected chi connectivity index (χ1v) is 5.80. The lowest BCUT2D eigenvalue weighted by molar-refractivity contribution is -0.117. The van der Waals surface area contributed by atoms with Gasteiger partial charge in [-0.25, -0.2) is 0 Å². The van der Waals surface area contributed by atoms with Gasteiger partial charge in [-0.15, -0.1) is 5.10 Å². The maximum Gasteiger partial charge on any atom is 0.239 e. The van der Waals surface area contributed by atoms with Crippen molar-refractivity contribution < 1.29 is 9.32 Å². The van der Waals surface area contributed by atoms with Crippen LogP contribution in [0.25, 0.3) is 0 Å². The molecule has 102 valence electrons. The van der Waals surface area contributed by atoms with E-state index < -0.39 is 0 Å². The molecule has 0 saturated carbocycles. The number of rotatable bonds is 5. The molecule has 0 bridgehead atoms. The summed E-state index contributed by atoms with van der Waals surface area (Å²) >= 11 is 0. The fourth-order valence-corrected chi connectivity index (χ4v) is 1.65. The van der Waals surface area contributed by atoms with E-state index in [1.807, 2.05) is 18.1 Å². The van der Waals surface area contributed by atoms with Gasteiger partial charge in [-0.3, -0.25) is 14.4 Å². The van der Waals surface area contributed by atoms with Gasteiger partial charge in [-0.2, -0.15) is 0 Å². The zero-order valence-corrected chi connectivity index (χ0v) is 11.1. The van der Waals surface area contributed by atoms with Crippen LogP contribution < -0.4 is 5.32 Å². The molecule has 0 aliphatic rings. The lowest BCUT2D eigenvalue weighted by Crippen LogP contribution is -2.30. The number of nitrogens with zero attached hydrogens (tertiary/aromatic N) is 5. The average molecular weight is 264 g/mol. The summed E-state index contributed by atoms with van der Waals surface area (Å²) in [5.74, 6) is 0.929. The van der Waals surface area contributed by atoms with Crippen LogP contribution in [0.15, 0.2) is 16.8 Å². The molecule has 1 amide bonds. The van der Waals surface area contributed by atoms with Gasteiger partial charge >= 0.3 is 0 Å². The molecule has 0 unspecified atom stereocenters. The third-order valence-corrected chi connectivity index (χ3v) is 2.39. The molecule has 1 N–H and O–H groups in total. The van der Waals surface area contributed by atoms with Crippen LogP contribution in [0.4, 0.5) is 5.82 Å². The van der Waals surface area contributed by atoms with Crippen molar-refractivity contribution >= 4 is 11.7 Å². The first kappa shape index (κ1) is 13.2. The van der Waals surface area contributed by atoms with E-state index in [2.05, 4.69) is 20.8 Å². The normalized spacial score (nSPS) is 10.9. The molecular weight excluding hydrogens is 248 g/mol. The quantitative estimate of drug-likeness (QED) is 0.828. The Kier molecular flexibility index (Phi) is 3.91. The Morgan fingerprint density at radius 1 is 1.58 bits per heavy atom. The number of carbonyl (C=O) groups is 1. The fourth-order valence-electron chi connectivity index (χ4n) is 1.65. The van der Waals surface area contributed by atoms with Gasteiger partial charge in [0.1, 0.15) is 5.76 Å². The van der Waals surface area contributed by atoms with Crippen LogP contribution >= 0.6 is 0 Å². The van der Waals surface area contributed by atoms with Gasteiger partial charge < -0.3 is 9.84 Å². The Morgan fingerprint density at radius 3 is 2.95 bits per heavy atom. The van der Waals surface area contributed by atoms with Crippen molar-refractivity contribution in [1.29, 1.82) is 0 Å². The molecule has 0 aliphatic carbocycles. The van der Waals surface area contributed by atoms with E-state index in [0.717, 1.165) is 5.69 Å². The van der Waals surface area contributed by atoms with Crippen molar-refractivity contribution in [3.05, 3.63) is 23.7 Å². The third kappa shape index (κ3) is 3.88. The zero-order chi connectivity index (χ0) is 13.8. The molecule has 19 heavy (non-hydrogen) atoms. The topological polar surface area (TPSA) is 89.1 Å². The van der Waals surface area contributed by atoms with Gasteiger partial charge in [-0.1, -0.05) is 10.4 Å². The van der Waals surface area contributed by atoms with E-state index in [1.54, 1.807) is 24.7 Å². The third-order valence-electron chi connectivity index (χ3n) is 2.39. The predicted molar refractivity (Wildman–Crippen MR) is 67.2 cm³/mol. The van der Waals surface area contributed by atoms with Crippen molar-refractivity contribution in [3.8, 4) is 0 Å². The molecule has 2 aromatic rings. The molecule has 0 atom stereocenters. The maximum absolute atomic E-state index is 11.8. The lowest BCUT2D eigenvalue weighted by atomic mass is 10.4. The largest absolute Gasteiger partial charge is 0.360 e. The lowest BCUT2D eigenvalue weighted by Gasteiger charge is -2.13. The standard InChI is InChI=1S/C11H16N6O2/c1-8-4-10(14-19-8)12-11(18)7-16(2)5-9-6-17(3)15-13-9/h4,6H,5,7H2,1-3H3,(H,12,14,18). The molecule has 0 fully saturated rings. The van der Waals surface area contributed by atoms with E-state index in [9.17, 15) is 4.79 Å². The molecule has 2 aromatic heterocycles. The summed E-state index contributed by atoms with van der Waals surface area (Å²) in [6.45, 7) is 2.56. The number of anilines is 1. The summed E-state index contributed by atoms with van der Waals surface area (Å²) in [6.07, 6.45) is 1.81. The summed E-state index contributed by atoms with van der Waals surface area (Å²) in [6, 6.07) is 1.67. The summed E-state index contributed by atoms with van der Waals surface area (Å²) in [7, 11) is 3.64. The van der Waals surface area contributed by atoms with Crippen molar-refractivity contribution in [3.63, 3.8) is 0 Å². The minimum Gasteiger partial charge on any atom is -0.360 e. The van der Waals surface area contributed by atoms with Crippen LogP contribution in [-0.4, -0.2) is 44.6 Å². The van der Waals surface area contributed by atoms with E-state index in [0.29, 0.717) is 18.1 Å². The van der Waals surface area contributed by atoms with E-state index in [4.69, 9.17) is 4.52 Å². The molecule has 2 rings (SSSR count). The second kappa shape index (κ2) is 5.61. The monoisotopic (exact) mass is 264 g/mol. The molecule has 0 aromatic carbocycles. The van der Waals surface area contributed by atoms with E-state index in [1.165, 1.54) is 0 Å². The highest BCUT2D eigenvalue weighted by atomic mass is 16.5. The van der Waals surface area contributed by atoms with Crippen molar-refractivity contribution in [2.45, 2.75) is 13.5 Å². The van der Waals surface area contributed by atoms with Gasteiger partial charge in [0.25, 0.3) is 0 Å². The highest BCUT2D eigenvalue weighted by molar-refractivity contribution is 5.91. The maximum atomic E-state index is 11.8. The van der Waals surface area contributed by atoms with Gasteiger partial charge in [0.15, 0.2) is 5.82 Å².